The lowest BCUT2D eigenvalue weighted by Crippen LogP contribution is -2.52. The molecule has 1 aromatic rings. The largest absolute Gasteiger partial charge is 0.337 e. The Balaban J connectivity index is 2.95. The summed E-state index contributed by atoms with van der Waals surface area (Å²) in [4.78, 5) is 13.7. The molecule has 1 amide bonds. The molecule has 100 valence electrons. The van der Waals surface area contributed by atoms with Gasteiger partial charge >= 0.3 is 0 Å². The van der Waals surface area contributed by atoms with Crippen LogP contribution in [0.2, 0.25) is 0 Å². The zero-order valence-electron chi connectivity index (χ0n) is 11.4. The first kappa shape index (κ1) is 14.6. The van der Waals surface area contributed by atoms with Crippen LogP contribution in [0.3, 0.4) is 0 Å². The summed E-state index contributed by atoms with van der Waals surface area (Å²) in [5.41, 5.74) is 5.52. The first-order valence-electron chi connectivity index (χ1n) is 6.11. The van der Waals surface area contributed by atoms with Crippen molar-refractivity contribution in [3.8, 4) is 0 Å². The fourth-order valence-corrected chi connectivity index (χ4v) is 1.75. The van der Waals surface area contributed by atoms with E-state index in [2.05, 4.69) is 0 Å². The predicted octanol–water partition coefficient (Wildman–Crippen LogP) is 2.47. The van der Waals surface area contributed by atoms with E-state index in [1.54, 1.807) is 39.1 Å². The summed E-state index contributed by atoms with van der Waals surface area (Å²) in [5, 5.41) is 0. The summed E-state index contributed by atoms with van der Waals surface area (Å²) in [6, 6.07) is 6.13. The van der Waals surface area contributed by atoms with Gasteiger partial charge in [-0.2, -0.15) is 0 Å². The van der Waals surface area contributed by atoms with Crippen molar-refractivity contribution in [2.45, 2.75) is 38.8 Å². The molecule has 0 fully saturated rings. The summed E-state index contributed by atoms with van der Waals surface area (Å²) >= 11 is 0. The Bertz CT molecular complexity index is 432. The molecule has 0 aliphatic heterocycles. The molecule has 0 bridgehead atoms. The maximum atomic E-state index is 13.7. The van der Waals surface area contributed by atoms with Crippen molar-refractivity contribution in [1.82, 2.24) is 4.90 Å². The van der Waals surface area contributed by atoms with Crippen LogP contribution < -0.4 is 5.73 Å². The number of carbonyl (C=O) groups excluding carboxylic acids is 1. The molecular formula is C14H21FN2O. The molecule has 2 atom stereocenters. The zero-order chi connectivity index (χ0) is 13.9. The lowest BCUT2D eigenvalue weighted by molar-refractivity contribution is -0.137. The predicted molar refractivity (Wildman–Crippen MR) is 70.5 cm³/mol. The monoisotopic (exact) mass is 252 g/mol. The fourth-order valence-electron chi connectivity index (χ4n) is 1.75. The molecule has 3 nitrogen and oxygen atoms in total. The molecule has 0 saturated heterocycles. The van der Waals surface area contributed by atoms with E-state index in [0.717, 1.165) is 0 Å². The van der Waals surface area contributed by atoms with Crippen LogP contribution in [0.5, 0.6) is 0 Å². The Labute approximate surface area is 108 Å². The standard InChI is InChI=1S/C14H21FN2O/c1-5-14(3,16)13(18)17(4)10(2)11-8-6-7-9-12(11)15/h6-10H,5,16H2,1-4H3. The minimum atomic E-state index is -0.908. The average Bonchev–Trinajstić information content (AvgIpc) is 2.36. The fraction of sp³-hybridized carbons (Fsp3) is 0.500. The molecule has 2 N–H and O–H groups in total. The highest BCUT2D eigenvalue weighted by molar-refractivity contribution is 5.85. The Morgan fingerprint density at radius 1 is 1.50 bits per heavy atom. The van der Waals surface area contributed by atoms with Gasteiger partial charge in [0.05, 0.1) is 11.6 Å². The van der Waals surface area contributed by atoms with E-state index in [4.69, 9.17) is 5.73 Å². The topological polar surface area (TPSA) is 46.3 Å². The van der Waals surface area contributed by atoms with Crippen molar-refractivity contribution < 1.29 is 9.18 Å². The number of hydrogen-bond acceptors (Lipinski definition) is 2. The van der Waals surface area contributed by atoms with Crippen molar-refractivity contribution in [2.24, 2.45) is 5.73 Å². The Morgan fingerprint density at radius 2 is 2.06 bits per heavy atom. The second-order valence-corrected chi connectivity index (χ2v) is 4.88. The van der Waals surface area contributed by atoms with Gasteiger partial charge in [-0.15, -0.1) is 0 Å². The summed E-state index contributed by atoms with van der Waals surface area (Å²) < 4.78 is 13.7. The van der Waals surface area contributed by atoms with Crippen LogP contribution >= 0.6 is 0 Å². The lowest BCUT2D eigenvalue weighted by atomic mass is 9.97. The van der Waals surface area contributed by atoms with Gasteiger partial charge in [-0.3, -0.25) is 4.79 Å². The summed E-state index contributed by atoms with van der Waals surface area (Å²) in [5.74, 6) is -0.486. The van der Waals surface area contributed by atoms with Crippen LogP contribution in [-0.2, 0) is 4.79 Å². The van der Waals surface area contributed by atoms with Crippen LogP contribution in [0.4, 0.5) is 4.39 Å². The van der Waals surface area contributed by atoms with Gasteiger partial charge < -0.3 is 10.6 Å². The molecule has 0 saturated carbocycles. The van der Waals surface area contributed by atoms with Crippen LogP contribution in [-0.4, -0.2) is 23.4 Å². The molecular weight excluding hydrogens is 231 g/mol. The maximum Gasteiger partial charge on any atom is 0.242 e. The first-order chi connectivity index (χ1) is 8.31. The van der Waals surface area contributed by atoms with Crippen LogP contribution in [0.15, 0.2) is 24.3 Å². The third-order valence-electron chi connectivity index (χ3n) is 3.48. The highest BCUT2D eigenvalue weighted by Gasteiger charge is 2.32. The number of nitrogens with two attached hydrogens (primary N) is 1. The molecule has 1 aromatic carbocycles. The van der Waals surface area contributed by atoms with Gasteiger partial charge in [0.15, 0.2) is 0 Å². The van der Waals surface area contributed by atoms with E-state index >= 15 is 0 Å². The number of rotatable bonds is 4. The van der Waals surface area contributed by atoms with Gasteiger partial charge in [0, 0.05) is 12.6 Å². The number of hydrogen-bond donors (Lipinski definition) is 1. The normalized spacial score (nSPS) is 15.9. The van der Waals surface area contributed by atoms with Gasteiger partial charge in [0.25, 0.3) is 0 Å². The maximum absolute atomic E-state index is 13.7. The van der Waals surface area contributed by atoms with Crippen LogP contribution in [0.25, 0.3) is 0 Å². The van der Waals surface area contributed by atoms with E-state index in [9.17, 15) is 9.18 Å². The molecule has 1 rings (SSSR count). The van der Waals surface area contributed by atoms with Crippen LogP contribution in [0, 0.1) is 5.82 Å². The minimum Gasteiger partial charge on any atom is -0.337 e. The van der Waals surface area contributed by atoms with E-state index in [0.29, 0.717) is 12.0 Å². The molecule has 2 unspecified atom stereocenters. The quantitative estimate of drug-likeness (QED) is 0.894. The smallest absolute Gasteiger partial charge is 0.242 e. The summed E-state index contributed by atoms with van der Waals surface area (Å²) in [7, 11) is 1.65. The number of halogens is 1. The highest BCUT2D eigenvalue weighted by atomic mass is 19.1. The van der Waals surface area contributed by atoms with Gasteiger partial charge in [-0.1, -0.05) is 25.1 Å². The van der Waals surface area contributed by atoms with Crippen LogP contribution in [0.1, 0.15) is 38.8 Å². The number of benzene rings is 1. The number of likely N-dealkylation sites (N-methyl/N-ethyl adjacent to an activating group) is 1. The number of amides is 1. The second kappa shape index (κ2) is 5.48. The first-order valence-corrected chi connectivity index (χ1v) is 6.11. The van der Waals surface area contributed by atoms with E-state index < -0.39 is 5.54 Å². The lowest BCUT2D eigenvalue weighted by Gasteiger charge is -2.32. The molecule has 18 heavy (non-hydrogen) atoms. The van der Waals surface area contributed by atoms with Crippen molar-refractivity contribution in [3.63, 3.8) is 0 Å². The third-order valence-corrected chi connectivity index (χ3v) is 3.48. The highest BCUT2D eigenvalue weighted by Crippen LogP contribution is 2.24. The molecule has 0 aliphatic carbocycles. The Morgan fingerprint density at radius 3 is 2.56 bits per heavy atom. The Kier molecular flexibility index (Phi) is 4.46. The molecule has 4 heteroatoms. The molecule has 0 aliphatic rings. The van der Waals surface area contributed by atoms with E-state index in [1.165, 1.54) is 11.0 Å². The number of carbonyl (C=O) groups is 1. The van der Waals surface area contributed by atoms with Gasteiger partial charge in [-0.05, 0) is 26.3 Å². The average molecular weight is 252 g/mol. The van der Waals surface area contributed by atoms with E-state index in [1.807, 2.05) is 6.92 Å². The van der Waals surface area contributed by atoms with Crippen molar-refractivity contribution in [1.29, 1.82) is 0 Å². The third kappa shape index (κ3) is 2.88. The zero-order valence-corrected chi connectivity index (χ0v) is 11.4. The second-order valence-electron chi connectivity index (χ2n) is 4.88. The molecule has 0 spiro atoms. The number of nitrogens with zero attached hydrogens (tertiary/aromatic N) is 1. The molecule has 0 radical (unpaired) electrons. The van der Waals surface area contributed by atoms with E-state index in [-0.39, 0.29) is 17.8 Å². The van der Waals surface area contributed by atoms with Gasteiger partial charge in [-0.25, -0.2) is 4.39 Å². The van der Waals surface area contributed by atoms with Gasteiger partial charge in [0.2, 0.25) is 5.91 Å². The van der Waals surface area contributed by atoms with Crippen molar-refractivity contribution in [3.05, 3.63) is 35.6 Å². The summed E-state index contributed by atoms with van der Waals surface area (Å²) in [6.07, 6.45) is 0.542. The summed E-state index contributed by atoms with van der Waals surface area (Å²) in [6.45, 7) is 5.35. The molecule has 0 aromatic heterocycles. The molecule has 0 heterocycles. The minimum absolute atomic E-state index is 0.180. The van der Waals surface area contributed by atoms with Crippen molar-refractivity contribution in [2.75, 3.05) is 7.05 Å². The van der Waals surface area contributed by atoms with Crippen molar-refractivity contribution >= 4 is 5.91 Å². The SMILES string of the molecule is CCC(C)(N)C(=O)N(C)C(C)c1ccccc1F. The van der Waals surface area contributed by atoms with Gasteiger partial charge in [0.1, 0.15) is 5.82 Å². The Hall–Kier alpha value is -1.42.